The van der Waals surface area contributed by atoms with Gasteiger partial charge in [0.2, 0.25) is 5.95 Å². The predicted molar refractivity (Wildman–Crippen MR) is 95.2 cm³/mol. The number of ether oxygens (including phenoxy) is 1. The molecule has 0 unspecified atom stereocenters. The molecule has 0 radical (unpaired) electrons. The number of rotatable bonds is 3. The van der Waals surface area contributed by atoms with Crippen LogP contribution < -0.4 is 9.80 Å². The first-order valence-electron chi connectivity index (χ1n) is 8.77. The first kappa shape index (κ1) is 16.6. The molecule has 2 aromatic rings. The van der Waals surface area contributed by atoms with Gasteiger partial charge >= 0.3 is 0 Å². The molecular weight excluding hydrogens is 334 g/mol. The molecule has 0 saturated carbocycles. The maximum Gasteiger partial charge on any atom is 0.274 e. The van der Waals surface area contributed by atoms with Crippen LogP contribution in [0.1, 0.15) is 10.5 Å². The fourth-order valence-electron chi connectivity index (χ4n) is 3.11. The van der Waals surface area contributed by atoms with Gasteiger partial charge in [0.15, 0.2) is 0 Å². The highest BCUT2D eigenvalue weighted by molar-refractivity contribution is 5.92. The van der Waals surface area contributed by atoms with Crippen LogP contribution in [-0.2, 0) is 4.74 Å². The van der Waals surface area contributed by atoms with Gasteiger partial charge < -0.3 is 19.4 Å². The molecule has 0 bridgehead atoms. The topological polar surface area (TPSA) is 87.6 Å². The summed E-state index contributed by atoms with van der Waals surface area (Å²) >= 11 is 0. The largest absolute Gasteiger partial charge is 0.378 e. The second kappa shape index (κ2) is 7.61. The molecule has 9 heteroatoms. The van der Waals surface area contributed by atoms with Crippen LogP contribution in [-0.4, -0.2) is 83.2 Å². The van der Waals surface area contributed by atoms with E-state index in [1.54, 1.807) is 29.7 Å². The summed E-state index contributed by atoms with van der Waals surface area (Å²) in [5.74, 6) is 1.46. The molecule has 9 nitrogen and oxygen atoms in total. The van der Waals surface area contributed by atoms with Crippen molar-refractivity contribution in [3.8, 4) is 0 Å². The summed E-state index contributed by atoms with van der Waals surface area (Å²) in [4.78, 5) is 35.9. The zero-order valence-corrected chi connectivity index (χ0v) is 14.5. The van der Waals surface area contributed by atoms with Crippen molar-refractivity contribution in [3.63, 3.8) is 0 Å². The number of aromatic nitrogens is 4. The van der Waals surface area contributed by atoms with Crippen molar-refractivity contribution in [1.82, 2.24) is 24.8 Å². The van der Waals surface area contributed by atoms with Gasteiger partial charge in [0.1, 0.15) is 11.5 Å². The number of nitrogens with zero attached hydrogens (tertiary/aromatic N) is 7. The molecule has 1 amide bonds. The summed E-state index contributed by atoms with van der Waals surface area (Å²) in [5, 5.41) is 0. The molecule has 4 rings (SSSR count). The second-order valence-electron chi connectivity index (χ2n) is 6.19. The summed E-state index contributed by atoms with van der Waals surface area (Å²) < 4.78 is 5.28. The second-order valence-corrected chi connectivity index (χ2v) is 6.19. The molecule has 2 aromatic heterocycles. The standard InChI is InChI=1S/C17H21N7O2/c25-16(23-8-10-26-11-9-23)14-12-21-15(13-20-14)22-4-6-24(7-5-22)17-18-2-1-3-19-17/h1-3,12-13H,4-11H2. The number of carbonyl (C=O) groups excluding carboxylic acids is 1. The fraction of sp³-hybridized carbons (Fsp3) is 0.471. The zero-order chi connectivity index (χ0) is 17.8. The lowest BCUT2D eigenvalue weighted by molar-refractivity contribution is 0.0298. The van der Waals surface area contributed by atoms with Crippen LogP contribution in [0.25, 0.3) is 0 Å². The summed E-state index contributed by atoms with van der Waals surface area (Å²) in [5.41, 5.74) is 0.381. The monoisotopic (exact) mass is 355 g/mol. The van der Waals surface area contributed by atoms with E-state index < -0.39 is 0 Å². The van der Waals surface area contributed by atoms with E-state index in [0.29, 0.717) is 32.0 Å². The first-order valence-corrected chi connectivity index (χ1v) is 8.77. The van der Waals surface area contributed by atoms with Gasteiger partial charge in [-0.25, -0.2) is 19.9 Å². The Balaban J connectivity index is 1.36. The first-order chi connectivity index (χ1) is 12.8. The van der Waals surface area contributed by atoms with Crippen LogP contribution in [0.4, 0.5) is 11.8 Å². The van der Waals surface area contributed by atoms with Crippen molar-refractivity contribution >= 4 is 17.7 Å². The van der Waals surface area contributed by atoms with Crippen molar-refractivity contribution < 1.29 is 9.53 Å². The summed E-state index contributed by atoms with van der Waals surface area (Å²) in [7, 11) is 0. The zero-order valence-electron chi connectivity index (χ0n) is 14.5. The highest BCUT2D eigenvalue weighted by Crippen LogP contribution is 2.15. The number of morpholine rings is 1. The van der Waals surface area contributed by atoms with Gasteiger partial charge in [0, 0.05) is 51.7 Å². The van der Waals surface area contributed by atoms with Crippen LogP contribution in [0.3, 0.4) is 0 Å². The van der Waals surface area contributed by atoms with Crippen molar-refractivity contribution in [2.45, 2.75) is 0 Å². The predicted octanol–water partition coefficient (Wildman–Crippen LogP) is 0.0656. The fourth-order valence-corrected chi connectivity index (χ4v) is 3.11. The molecule has 2 aliphatic heterocycles. The third-order valence-corrected chi connectivity index (χ3v) is 4.59. The van der Waals surface area contributed by atoms with Crippen LogP contribution in [0.5, 0.6) is 0 Å². The quantitative estimate of drug-likeness (QED) is 0.764. The smallest absolute Gasteiger partial charge is 0.274 e. The Bertz CT molecular complexity index is 727. The van der Waals surface area contributed by atoms with Gasteiger partial charge in [-0.3, -0.25) is 4.79 Å². The molecule has 0 atom stereocenters. The number of anilines is 2. The third kappa shape index (κ3) is 3.57. The minimum atomic E-state index is -0.0848. The van der Waals surface area contributed by atoms with Gasteiger partial charge in [-0.2, -0.15) is 0 Å². The molecule has 0 aliphatic carbocycles. The van der Waals surface area contributed by atoms with Crippen LogP contribution in [0, 0.1) is 0 Å². The molecule has 0 spiro atoms. The van der Waals surface area contributed by atoms with Crippen molar-refractivity contribution in [1.29, 1.82) is 0 Å². The van der Waals surface area contributed by atoms with E-state index in [1.165, 1.54) is 0 Å². The molecule has 26 heavy (non-hydrogen) atoms. The molecule has 0 N–H and O–H groups in total. The Labute approximate surface area is 151 Å². The van der Waals surface area contributed by atoms with E-state index in [9.17, 15) is 4.79 Å². The molecule has 0 aromatic carbocycles. The normalized spacial score (nSPS) is 18.1. The van der Waals surface area contributed by atoms with Crippen molar-refractivity contribution in [2.24, 2.45) is 0 Å². The van der Waals surface area contributed by atoms with E-state index in [4.69, 9.17) is 4.74 Å². The van der Waals surface area contributed by atoms with Crippen LogP contribution >= 0.6 is 0 Å². The van der Waals surface area contributed by atoms with Gasteiger partial charge in [-0.1, -0.05) is 0 Å². The minimum Gasteiger partial charge on any atom is -0.378 e. The SMILES string of the molecule is O=C(c1cnc(N2CCN(c3ncccn3)CC2)cn1)N1CCOCC1. The van der Waals surface area contributed by atoms with E-state index >= 15 is 0 Å². The molecule has 2 aliphatic rings. The lowest BCUT2D eigenvalue weighted by Crippen LogP contribution is -2.47. The lowest BCUT2D eigenvalue weighted by atomic mass is 10.3. The van der Waals surface area contributed by atoms with E-state index in [0.717, 1.165) is 37.9 Å². The highest BCUT2D eigenvalue weighted by atomic mass is 16.5. The van der Waals surface area contributed by atoms with Gasteiger partial charge in [-0.15, -0.1) is 0 Å². The minimum absolute atomic E-state index is 0.0848. The molecule has 4 heterocycles. The Morgan fingerprint density at radius 2 is 1.54 bits per heavy atom. The lowest BCUT2D eigenvalue weighted by Gasteiger charge is -2.35. The number of piperazine rings is 1. The van der Waals surface area contributed by atoms with E-state index in [1.807, 2.05) is 6.07 Å². The summed E-state index contributed by atoms with van der Waals surface area (Å²) in [6.45, 7) is 5.62. The van der Waals surface area contributed by atoms with Gasteiger partial charge in [-0.05, 0) is 6.07 Å². The maximum absolute atomic E-state index is 12.4. The Morgan fingerprint density at radius 1 is 0.846 bits per heavy atom. The molecular formula is C17H21N7O2. The Morgan fingerprint density at radius 3 is 2.19 bits per heavy atom. The van der Waals surface area contributed by atoms with E-state index in [2.05, 4.69) is 29.7 Å². The van der Waals surface area contributed by atoms with Crippen LogP contribution in [0.2, 0.25) is 0 Å². The average Bonchev–Trinajstić information content (AvgIpc) is 2.75. The van der Waals surface area contributed by atoms with Gasteiger partial charge in [0.25, 0.3) is 5.91 Å². The summed E-state index contributed by atoms with van der Waals surface area (Å²) in [6.07, 6.45) is 6.76. The number of amides is 1. The Kier molecular flexibility index (Phi) is 4.87. The maximum atomic E-state index is 12.4. The molecule has 136 valence electrons. The molecule has 2 saturated heterocycles. The highest BCUT2D eigenvalue weighted by Gasteiger charge is 2.22. The average molecular weight is 355 g/mol. The Hall–Kier alpha value is -2.81. The van der Waals surface area contributed by atoms with Crippen molar-refractivity contribution in [2.75, 3.05) is 62.3 Å². The number of hydrogen-bond donors (Lipinski definition) is 0. The number of carbonyl (C=O) groups is 1. The summed E-state index contributed by atoms with van der Waals surface area (Å²) in [6, 6.07) is 1.81. The molecule has 2 fully saturated rings. The van der Waals surface area contributed by atoms with Gasteiger partial charge in [0.05, 0.1) is 25.6 Å². The van der Waals surface area contributed by atoms with E-state index in [-0.39, 0.29) is 5.91 Å². The van der Waals surface area contributed by atoms with Crippen LogP contribution in [0.15, 0.2) is 30.9 Å². The number of hydrogen-bond acceptors (Lipinski definition) is 8. The van der Waals surface area contributed by atoms with Crippen molar-refractivity contribution in [3.05, 3.63) is 36.5 Å². The third-order valence-electron chi connectivity index (χ3n) is 4.59.